The fourth-order valence-corrected chi connectivity index (χ4v) is 4.51. The second-order valence-electron chi connectivity index (χ2n) is 8.89. The molecule has 10 N–H and O–H groups in total. The Hall–Kier alpha value is -2.56. The number of carbonyl (C=O) groups excluding carboxylic acids is 1. The maximum absolute atomic E-state index is 12.4. The number of phenolic OH excluding ortho intramolecular Hbond substituents is 1. The molecule has 4 unspecified atom stereocenters. The average Bonchev–Trinajstić information content (AvgIpc) is 2.89. The SMILES string of the molecule is CC.C[NH2+]C1[C@H](C)OC(COC(=O)c2cc(N)ccc2O)[C@@H](O)[C@H]1CO[C@@H]1OC(C(=O)O)[C@@H](O)[C@@H](O)C1O. The summed E-state index contributed by atoms with van der Waals surface area (Å²) in [6.45, 7) is 5.13. The first-order chi connectivity index (χ1) is 18.0. The smallest absolute Gasteiger partial charge is 0.342 e. The molecule has 0 aromatic heterocycles. The van der Waals surface area contributed by atoms with Crippen molar-refractivity contribution >= 4 is 17.6 Å². The number of aliphatic carboxylic acids is 1. The lowest BCUT2D eigenvalue weighted by Crippen LogP contribution is -2.93. The highest BCUT2D eigenvalue weighted by Crippen LogP contribution is 2.28. The quantitative estimate of drug-likeness (QED) is 0.0947. The van der Waals surface area contributed by atoms with E-state index in [9.17, 15) is 40.2 Å². The molecule has 0 saturated carbocycles. The van der Waals surface area contributed by atoms with Crippen LogP contribution in [0.15, 0.2) is 18.2 Å². The Labute approximate surface area is 219 Å². The lowest BCUT2D eigenvalue weighted by Gasteiger charge is -2.43. The number of nitrogen functional groups attached to an aromatic ring is 1. The summed E-state index contributed by atoms with van der Waals surface area (Å²) in [7, 11) is 1.75. The molecule has 38 heavy (non-hydrogen) atoms. The number of phenols is 1. The van der Waals surface area contributed by atoms with Crippen LogP contribution in [0.1, 0.15) is 31.1 Å². The molecule has 3 rings (SSSR count). The number of ether oxygens (including phenoxy) is 4. The number of hydrogen-bond acceptors (Lipinski definition) is 12. The van der Waals surface area contributed by atoms with Crippen LogP contribution in [0, 0.1) is 5.92 Å². The number of aliphatic hydroxyl groups excluding tert-OH is 4. The van der Waals surface area contributed by atoms with Gasteiger partial charge in [0.1, 0.15) is 54.5 Å². The molecule has 14 nitrogen and oxygen atoms in total. The Morgan fingerprint density at radius 2 is 1.68 bits per heavy atom. The van der Waals surface area contributed by atoms with E-state index in [2.05, 4.69) is 0 Å². The van der Waals surface area contributed by atoms with E-state index < -0.39 is 66.9 Å². The van der Waals surface area contributed by atoms with Crippen LogP contribution in [-0.2, 0) is 23.7 Å². The Kier molecular flexibility index (Phi) is 11.7. The number of quaternary nitrogens is 1. The molecule has 1 aromatic carbocycles. The summed E-state index contributed by atoms with van der Waals surface area (Å²) in [5, 5.41) is 61.9. The zero-order chi connectivity index (χ0) is 28.7. The molecule has 0 spiro atoms. The van der Waals surface area contributed by atoms with Crippen LogP contribution in [-0.4, -0.2) is 118 Å². The molecule has 14 heteroatoms. The van der Waals surface area contributed by atoms with Gasteiger partial charge in [-0.25, -0.2) is 9.59 Å². The second kappa shape index (κ2) is 14.0. The number of carboxylic acids is 1. The third kappa shape index (κ3) is 7.09. The van der Waals surface area contributed by atoms with E-state index in [4.69, 9.17) is 24.7 Å². The first kappa shape index (κ1) is 31.7. The van der Waals surface area contributed by atoms with E-state index in [0.29, 0.717) is 0 Å². The maximum atomic E-state index is 12.4. The van der Waals surface area contributed by atoms with E-state index in [0.717, 1.165) is 0 Å². The third-order valence-corrected chi connectivity index (χ3v) is 6.52. The maximum Gasteiger partial charge on any atom is 0.342 e. The minimum Gasteiger partial charge on any atom is -0.507 e. The molecule has 2 aliphatic heterocycles. The van der Waals surface area contributed by atoms with Gasteiger partial charge >= 0.3 is 11.9 Å². The number of hydrogen-bond donors (Lipinski definition) is 8. The van der Waals surface area contributed by atoms with Crippen molar-refractivity contribution in [3.05, 3.63) is 23.8 Å². The Balaban J connectivity index is 0.00000247. The molecule has 0 radical (unpaired) electrons. The van der Waals surface area contributed by atoms with Crippen LogP contribution < -0.4 is 11.1 Å². The van der Waals surface area contributed by atoms with Crippen molar-refractivity contribution in [1.82, 2.24) is 0 Å². The van der Waals surface area contributed by atoms with E-state index in [1.807, 2.05) is 13.8 Å². The summed E-state index contributed by atoms with van der Waals surface area (Å²) in [4.78, 5) is 23.7. The number of benzene rings is 1. The summed E-state index contributed by atoms with van der Waals surface area (Å²) >= 11 is 0. The van der Waals surface area contributed by atoms with Gasteiger partial charge in [-0.2, -0.15) is 0 Å². The molecule has 2 heterocycles. The van der Waals surface area contributed by atoms with Crippen molar-refractivity contribution < 1.29 is 64.5 Å². The topological polar surface area (TPSA) is 235 Å². The first-order valence-electron chi connectivity index (χ1n) is 12.4. The van der Waals surface area contributed by atoms with Gasteiger partial charge in [-0.05, 0) is 25.1 Å². The molecular weight excluding hydrogens is 508 g/mol. The monoisotopic (exact) mass is 547 g/mol. The van der Waals surface area contributed by atoms with Gasteiger partial charge in [0, 0.05) is 5.69 Å². The summed E-state index contributed by atoms with van der Waals surface area (Å²) in [6, 6.07) is 3.57. The van der Waals surface area contributed by atoms with Crippen molar-refractivity contribution in [2.75, 3.05) is 26.0 Å². The van der Waals surface area contributed by atoms with Crippen molar-refractivity contribution in [3.8, 4) is 5.75 Å². The van der Waals surface area contributed by atoms with Crippen LogP contribution in [0.3, 0.4) is 0 Å². The Bertz CT molecular complexity index is 934. The molecule has 0 amide bonds. The lowest BCUT2D eigenvalue weighted by molar-refractivity contribution is -0.685. The molecule has 2 aliphatic rings. The van der Waals surface area contributed by atoms with E-state index in [1.165, 1.54) is 18.2 Å². The molecule has 10 atom stereocenters. The number of aliphatic hydroxyl groups is 4. The highest BCUT2D eigenvalue weighted by molar-refractivity contribution is 5.93. The highest BCUT2D eigenvalue weighted by atomic mass is 16.7. The van der Waals surface area contributed by atoms with Gasteiger partial charge in [0.2, 0.25) is 0 Å². The number of aromatic hydroxyl groups is 1. The molecule has 2 saturated heterocycles. The van der Waals surface area contributed by atoms with Gasteiger partial charge in [0.25, 0.3) is 0 Å². The van der Waals surface area contributed by atoms with Crippen molar-refractivity contribution in [2.24, 2.45) is 5.92 Å². The van der Waals surface area contributed by atoms with Crippen LogP contribution >= 0.6 is 0 Å². The first-order valence-corrected chi connectivity index (χ1v) is 12.4. The lowest BCUT2D eigenvalue weighted by atomic mass is 9.85. The van der Waals surface area contributed by atoms with Gasteiger partial charge in [0.15, 0.2) is 12.4 Å². The normalized spacial score (nSPS) is 35.1. The molecule has 1 aromatic rings. The summed E-state index contributed by atoms with van der Waals surface area (Å²) < 4.78 is 21.8. The Morgan fingerprint density at radius 3 is 2.29 bits per heavy atom. The fourth-order valence-electron chi connectivity index (χ4n) is 4.51. The number of rotatable bonds is 8. The minimum absolute atomic E-state index is 0.148. The number of carbonyl (C=O) groups is 2. The van der Waals surface area contributed by atoms with Gasteiger partial charge in [-0.15, -0.1) is 0 Å². The molecule has 2 fully saturated rings. The van der Waals surface area contributed by atoms with Gasteiger partial charge in [-0.3, -0.25) is 0 Å². The number of likely N-dealkylation sites (N-methyl/N-ethyl adjacent to an activating group) is 1. The Morgan fingerprint density at radius 1 is 1.03 bits per heavy atom. The van der Waals surface area contributed by atoms with Crippen molar-refractivity contribution in [2.45, 2.75) is 75.8 Å². The van der Waals surface area contributed by atoms with Crippen LogP contribution in [0.4, 0.5) is 5.69 Å². The van der Waals surface area contributed by atoms with E-state index >= 15 is 0 Å². The highest BCUT2D eigenvalue weighted by Gasteiger charge is 2.50. The predicted molar refractivity (Wildman–Crippen MR) is 130 cm³/mol. The molecular formula is C24H39N2O12+. The van der Waals surface area contributed by atoms with Crippen LogP contribution in [0.5, 0.6) is 5.75 Å². The van der Waals surface area contributed by atoms with Gasteiger partial charge in [0.05, 0.1) is 25.7 Å². The number of carboxylic acid groups (broad SMARTS) is 1. The van der Waals surface area contributed by atoms with Gasteiger partial charge < -0.3 is 60.6 Å². The molecule has 216 valence electrons. The van der Waals surface area contributed by atoms with Gasteiger partial charge in [-0.1, -0.05) is 13.8 Å². The van der Waals surface area contributed by atoms with Crippen molar-refractivity contribution in [1.29, 1.82) is 0 Å². The average molecular weight is 548 g/mol. The predicted octanol–water partition coefficient (Wildman–Crippen LogP) is -2.61. The fraction of sp³-hybridized carbons (Fsp3) is 0.667. The minimum atomic E-state index is -1.86. The van der Waals surface area contributed by atoms with Crippen LogP contribution in [0.2, 0.25) is 0 Å². The van der Waals surface area contributed by atoms with E-state index in [-0.39, 0.29) is 36.3 Å². The zero-order valence-electron chi connectivity index (χ0n) is 21.7. The second-order valence-corrected chi connectivity index (χ2v) is 8.89. The number of esters is 1. The summed E-state index contributed by atoms with van der Waals surface area (Å²) in [5.74, 6) is -3.40. The van der Waals surface area contributed by atoms with Crippen molar-refractivity contribution in [3.63, 3.8) is 0 Å². The van der Waals surface area contributed by atoms with E-state index in [1.54, 1.807) is 19.3 Å². The zero-order valence-corrected chi connectivity index (χ0v) is 21.7. The summed E-state index contributed by atoms with van der Waals surface area (Å²) in [5.41, 5.74) is 5.75. The van der Waals surface area contributed by atoms with Crippen LogP contribution in [0.25, 0.3) is 0 Å². The standard InChI is InChI=1S/C22H32N2O12.C2H6/c1-8-14(24-2)11(6-34-22-18(29)16(27)17(28)19(36-22)20(30)31)15(26)13(35-8)7-33-21(32)10-5-9(23)3-4-12(10)25;1-2/h3-5,8,11,13-19,22,24-29H,6-7,23H2,1-2H3,(H,30,31);1-2H3/p+1/t8-,11-,13?,14?,15-,16+,17-,18?,19?,22+;/m0./s1. The number of anilines is 1. The number of nitrogens with two attached hydrogens (primary N) is 2. The molecule has 0 bridgehead atoms. The molecule has 0 aliphatic carbocycles. The third-order valence-electron chi connectivity index (χ3n) is 6.52. The largest absolute Gasteiger partial charge is 0.507 e. The summed E-state index contributed by atoms with van der Waals surface area (Å²) in [6.07, 6.45) is -11.5.